The first-order valence-corrected chi connectivity index (χ1v) is 8.43. The number of carbonyl (C=O) groups excluding carboxylic acids is 1. The molecule has 25 heavy (non-hydrogen) atoms. The van der Waals surface area contributed by atoms with Crippen LogP contribution in [0, 0.1) is 5.82 Å². The van der Waals surface area contributed by atoms with E-state index in [1.165, 1.54) is 12.1 Å². The molecule has 7 heteroatoms. The van der Waals surface area contributed by atoms with Crippen molar-refractivity contribution in [2.75, 3.05) is 26.3 Å². The zero-order chi connectivity index (χ0) is 17.6. The van der Waals surface area contributed by atoms with Crippen LogP contribution in [-0.4, -0.2) is 53.5 Å². The number of aromatic nitrogens is 2. The molecular formula is C18H22FN3O3. The summed E-state index contributed by atoms with van der Waals surface area (Å²) in [5, 5.41) is 6.68. The van der Waals surface area contributed by atoms with E-state index < -0.39 is 0 Å². The zero-order valence-electron chi connectivity index (χ0n) is 14.2. The number of halogens is 1. The quantitative estimate of drug-likeness (QED) is 0.811. The van der Waals surface area contributed by atoms with Crippen LogP contribution in [-0.2, 0) is 22.4 Å². The minimum absolute atomic E-state index is 0.0390. The molecule has 1 atom stereocenters. The van der Waals surface area contributed by atoms with Crippen molar-refractivity contribution in [3.63, 3.8) is 0 Å². The van der Waals surface area contributed by atoms with Crippen LogP contribution in [0.25, 0.3) is 0 Å². The number of benzene rings is 1. The fourth-order valence-corrected chi connectivity index (χ4v) is 2.98. The molecule has 1 aliphatic heterocycles. The number of nitrogens with one attached hydrogen (secondary N) is 1. The van der Waals surface area contributed by atoms with Crippen molar-refractivity contribution in [2.45, 2.75) is 26.0 Å². The number of rotatable bonds is 6. The fraction of sp³-hybridized carbons (Fsp3) is 0.444. The van der Waals surface area contributed by atoms with Gasteiger partial charge < -0.3 is 9.47 Å². The zero-order valence-corrected chi connectivity index (χ0v) is 14.2. The van der Waals surface area contributed by atoms with Crippen LogP contribution in [0.4, 0.5) is 4.39 Å². The molecular weight excluding hydrogens is 325 g/mol. The summed E-state index contributed by atoms with van der Waals surface area (Å²) in [7, 11) is 0. The smallest absolute Gasteiger partial charge is 0.356 e. The summed E-state index contributed by atoms with van der Waals surface area (Å²) in [6.07, 6.45) is 2.43. The number of morpholine rings is 1. The van der Waals surface area contributed by atoms with Crippen molar-refractivity contribution in [3.05, 3.63) is 53.1 Å². The molecule has 2 aromatic rings. The van der Waals surface area contributed by atoms with Gasteiger partial charge in [0, 0.05) is 25.2 Å². The number of aromatic amines is 1. The third-order valence-electron chi connectivity index (χ3n) is 4.19. The highest BCUT2D eigenvalue weighted by Crippen LogP contribution is 2.16. The van der Waals surface area contributed by atoms with Crippen molar-refractivity contribution in [1.29, 1.82) is 0 Å². The molecule has 0 saturated carbocycles. The molecule has 0 amide bonds. The van der Waals surface area contributed by atoms with Gasteiger partial charge in [-0.2, -0.15) is 5.10 Å². The van der Waals surface area contributed by atoms with Gasteiger partial charge in [-0.05, 0) is 31.0 Å². The maximum Gasteiger partial charge on any atom is 0.356 e. The number of nitrogens with zero attached hydrogens (tertiary/aromatic N) is 2. The number of carbonyl (C=O) groups is 1. The van der Waals surface area contributed by atoms with Crippen molar-refractivity contribution < 1.29 is 18.7 Å². The molecule has 1 aromatic carbocycles. The molecule has 1 fully saturated rings. The lowest BCUT2D eigenvalue weighted by Gasteiger charge is -2.33. The Hall–Kier alpha value is -2.25. The molecule has 0 radical (unpaired) electrons. The van der Waals surface area contributed by atoms with Gasteiger partial charge in [-0.15, -0.1) is 0 Å². The Labute approximate surface area is 145 Å². The van der Waals surface area contributed by atoms with Crippen LogP contribution in [0.5, 0.6) is 0 Å². The van der Waals surface area contributed by atoms with Gasteiger partial charge in [0.2, 0.25) is 0 Å². The minimum atomic E-state index is -0.383. The van der Waals surface area contributed by atoms with Crippen LogP contribution < -0.4 is 0 Å². The van der Waals surface area contributed by atoms with E-state index in [4.69, 9.17) is 9.47 Å². The molecule has 1 N–H and O–H groups in total. The topological polar surface area (TPSA) is 67.5 Å². The lowest BCUT2D eigenvalue weighted by molar-refractivity contribution is -0.0305. The molecule has 1 aliphatic rings. The Kier molecular flexibility index (Phi) is 5.78. The molecule has 1 aromatic heterocycles. The summed E-state index contributed by atoms with van der Waals surface area (Å²) in [6.45, 7) is 4.86. The van der Waals surface area contributed by atoms with Crippen molar-refractivity contribution >= 4 is 5.97 Å². The van der Waals surface area contributed by atoms with Gasteiger partial charge in [-0.25, -0.2) is 9.18 Å². The van der Waals surface area contributed by atoms with Crippen LogP contribution in [0.3, 0.4) is 0 Å². The number of hydrogen-bond donors (Lipinski definition) is 1. The average molecular weight is 347 g/mol. The lowest BCUT2D eigenvalue weighted by Crippen LogP contribution is -2.43. The SMILES string of the molecule is CCOC(=O)c1[nH]ncc1CN1CCO[C@@H](Cc2ccc(F)cc2)C1. The van der Waals surface area contributed by atoms with Gasteiger partial charge in [-0.1, -0.05) is 12.1 Å². The van der Waals surface area contributed by atoms with Crippen molar-refractivity contribution in [2.24, 2.45) is 0 Å². The first-order chi connectivity index (χ1) is 12.2. The van der Waals surface area contributed by atoms with Crippen molar-refractivity contribution in [3.8, 4) is 0 Å². The second-order valence-electron chi connectivity index (χ2n) is 6.05. The highest BCUT2D eigenvalue weighted by atomic mass is 19.1. The highest BCUT2D eigenvalue weighted by Gasteiger charge is 2.23. The van der Waals surface area contributed by atoms with Crippen LogP contribution in [0.15, 0.2) is 30.5 Å². The Morgan fingerprint density at radius 2 is 2.24 bits per heavy atom. The second kappa shape index (κ2) is 8.22. The van der Waals surface area contributed by atoms with Gasteiger partial charge in [-0.3, -0.25) is 10.00 Å². The number of esters is 1. The van der Waals surface area contributed by atoms with Gasteiger partial charge >= 0.3 is 5.97 Å². The van der Waals surface area contributed by atoms with E-state index in [1.807, 2.05) is 0 Å². The minimum Gasteiger partial charge on any atom is -0.461 e. The molecule has 0 unspecified atom stereocenters. The highest BCUT2D eigenvalue weighted by molar-refractivity contribution is 5.88. The van der Waals surface area contributed by atoms with E-state index in [1.54, 1.807) is 25.3 Å². The molecule has 3 rings (SSSR count). The van der Waals surface area contributed by atoms with E-state index in [0.29, 0.717) is 25.5 Å². The third kappa shape index (κ3) is 4.64. The van der Waals surface area contributed by atoms with Crippen LogP contribution in [0.2, 0.25) is 0 Å². The van der Waals surface area contributed by atoms with Crippen LogP contribution >= 0.6 is 0 Å². The Balaban J connectivity index is 1.59. The lowest BCUT2D eigenvalue weighted by atomic mass is 10.1. The molecule has 0 aliphatic carbocycles. The average Bonchev–Trinajstić information content (AvgIpc) is 3.06. The largest absolute Gasteiger partial charge is 0.461 e. The van der Waals surface area contributed by atoms with Gasteiger partial charge in [0.05, 0.1) is 25.5 Å². The Bertz CT molecular complexity index is 702. The molecule has 2 heterocycles. The van der Waals surface area contributed by atoms with E-state index in [2.05, 4.69) is 15.1 Å². The maximum absolute atomic E-state index is 13.0. The monoisotopic (exact) mass is 347 g/mol. The summed E-state index contributed by atoms with van der Waals surface area (Å²) in [5.74, 6) is -0.618. The molecule has 6 nitrogen and oxygen atoms in total. The van der Waals surface area contributed by atoms with Crippen molar-refractivity contribution in [1.82, 2.24) is 15.1 Å². The summed E-state index contributed by atoms with van der Waals surface area (Å²) in [5.41, 5.74) is 2.27. The number of ether oxygens (including phenoxy) is 2. The first-order valence-electron chi connectivity index (χ1n) is 8.43. The number of hydrogen-bond acceptors (Lipinski definition) is 5. The first kappa shape index (κ1) is 17.6. The normalized spacial score (nSPS) is 18.2. The summed E-state index contributed by atoms with van der Waals surface area (Å²) in [4.78, 5) is 14.2. The standard InChI is InChI=1S/C18H22FN3O3/c1-2-24-18(23)17-14(10-20-21-17)11-22-7-8-25-16(12-22)9-13-3-5-15(19)6-4-13/h3-6,10,16H,2,7-9,11-12H2,1H3,(H,20,21)/t16-/m0/s1. The summed E-state index contributed by atoms with van der Waals surface area (Å²) >= 11 is 0. The van der Waals surface area contributed by atoms with Gasteiger partial charge in [0.25, 0.3) is 0 Å². The molecule has 0 bridgehead atoms. The number of H-pyrrole nitrogens is 1. The van der Waals surface area contributed by atoms with Crippen LogP contribution in [0.1, 0.15) is 28.5 Å². The molecule has 134 valence electrons. The molecule has 0 spiro atoms. The van der Waals surface area contributed by atoms with E-state index in [9.17, 15) is 9.18 Å². The fourth-order valence-electron chi connectivity index (χ4n) is 2.98. The predicted octanol–water partition coefficient (Wildman–Crippen LogP) is 2.17. The second-order valence-corrected chi connectivity index (χ2v) is 6.05. The maximum atomic E-state index is 13.0. The summed E-state index contributed by atoms with van der Waals surface area (Å²) in [6, 6.07) is 6.50. The van der Waals surface area contributed by atoms with E-state index in [-0.39, 0.29) is 17.9 Å². The third-order valence-corrected chi connectivity index (χ3v) is 4.19. The summed E-state index contributed by atoms with van der Waals surface area (Å²) < 4.78 is 23.9. The Morgan fingerprint density at radius 3 is 3.00 bits per heavy atom. The van der Waals surface area contributed by atoms with E-state index >= 15 is 0 Å². The Morgan fingerprint density at radius 1 is 1.44 bits per heavy atom. The van der Waals surface area contributed by atoms with Gasteiger partial charge in [0.1, 0.15) is 11.5 Å². The van der Waals surface area contributed by atoms with Gasteiger partial charge in [0.15, 0.2) is 0 Å². The molecule has 1 saturated heterocycles. The van der Waals surface area contributed by atoms with E-state index in [0.717, 1.165) is 30.6 Å². The predicted molar refractivity (Wildman–Crippen MR) is 89.7 cm³/mol.